The van der Waals surface area contributed by atoms with E-state index < -0.39 is 0 Å². The van der Waals surface area contributed by atoms with Crippen LogP contribution in [0.3, 0.4) is 0 Å². The van der Waals surface area contributed by atoms with E-state index in [-0.39, 0.29) is 6.04 Å². The number of nitrogens with two attached hydrogens (primary N) is 1. The summed E-state index contributed by atoms with van der Waals surface area (Å²) in [6, 6.07) is 10.8. The third-order valence-electron chi connectivity index (χ3n) is 2.97. The van der Waals surface area contributed by atoms with Gasteiger partial charge in [0.1, 0.15) is 0 Å². The number of thioether (sulfide) groups is 1. The monoisotopic (exact) mass is 278 g/mol. The highest BCUT2D eigenvalue weighted by molar-refractivity contribution is 7.99. The third-order valence-corrected chi connectivity index (χ3v) is 5.11. The molecule has 2 rings (SSSR count). The molecule has 1 atom stereocenters. The number of hydrazine groups is 1. The van der Waals surface area contributed by atoms with E-state index in [1.807, 2.05) is 11.8 Å². The van der Waals surface area contributed by atoms with Crippen molar-refractivity contribution in [1.29, 1.82) is 0 Å². The molecule has 1 heterocycles. The Labute approximate surface area is 117 Å². The third kappa shape index (κ3) is 3.14. The molecule has 1 unspecified atom stereocenters. The molecule has 1 aromatic carbocycles. The van der Waals surface area contributed by atoms with Crippen LogP contribution in [0.4, 0.5) is 0 Å². The van der Waals surface area contributed by atoms with Gasteiger partial charge in [-0.05, 0) is 42.5 Å². The highest BCUT2D eigenvalue weighted by Gasteiger charge is 2.13. The van der Waals surface area contributed by atoms with Gasteiger partial charge in [-0.15, -0.1) is 23.1 Å². The van der Waals surface area contributed by atoms with E-state index >= 15 is 0 Å². The zero-order chi connectivity index (χ0) is 13.0. The largest absolute Gasteiger partial charge is 0.271 e. The molecule has 0 radical (unpaired) electrons. The summed E-state index contributed by atoms with van der Waals surface area (Å²) in [6.45, 7) is 4.28. The second-order valence-corrected chi connectivity index (χ2v) is 6.41. The number of nitrogens with one attached hydrogen (secondary N) is 1. The van der Waals surface area contributed by atoms with Gasteiger partial charge >= 0.3 is 0 Å². The molecule has 18 heavy (non-hydrogen) atoms. The van der Waals surface area contributed by atoms with Crippen LogP contribution in [0.25, 0.3) is 0 Å². The minimum absolute atomic E-state index is 0.209. The van der Waals surface area contributed by atoms with Crippen LogP contribution in [0.1, 0.15) is 22.0 Å². The fraction of sp³-hybridized carbons (Fsp3) is 0.286. The summed E-state index contributed by atoms with van der Waals surface area (Å²) in [7, 11) is 0. The first-order valence-corrected chi connectivity index (χ1v) is 7.77. The quantitative estimate of drug-likeness (QED) is 0.498. The van der Waals surface area contributed by atoms with Gasteiger partial charge in [-0.3, -0.25) is 11.3 Å². The van der Waals surface area contributed by atoms with E-state index in [9.17, 15) is 0 Å². The predicted molar refractivity (Wildman–Crippen MR) is 81.0 cm³/mol. The lowest BCUT2D eigenvalue weighted by Gasteiger charge is -2.16. The van der Waals surface area contributed by atoms with Crippen LogP contribution in [0.2, 0.25) is 0 Å². The smallest absolute Gasteiger partial charge is 0.0564 e. The van der Waals surface area contributed by atoms with Crippen molar-refractivity contribution in [2.45, 2.75) is 24.8 Å². The highest BCUT2D eigenvalue weighted by Crippen LogP contribution is 2.29. The van der Waals surface area contributed by atoms with Gasteiger partial charge in [0, 0.05) is 15.5 Å². The SMILES string of the molecule is Cc1ccccc1SCC(NN)c1ccsc1C. The Morgan fingerprint density at radius 1 is 1.28 bits per heavy atom. The van der Waals surface area contributed by atoms with E-state index in [0.29, 0.717) is 0 Å². The number of hydrogen-bond donors (Lipinski definition) is 2. The molecule has 2 aromatic rings. The van der Waals surface area contributed by atoms with Crippen LogP contribution in [0.15, 0.2) is 40.6 Å². The van der Waals surface area contributed by atoms with E-state index in [1.54, 1.807) is 11.3 Å². The van der Waals surface area contributed by atoms with E-state index in [4.69, 9.17) is 5.84 Å². The summed E-state index contributed by atoms with van der Waals surface area (Å²) in [5.41, 5.74) is 5.55. The van der Waals surface area contributed by atoms with Crippen molar-refractivity contribution in [2.75, 3.05) is 5.75 Å². The lowest BCUT2D eigenvalue weighted by Crippen LogP contribution is -2.29. The zero-order valence-electron chi connectivity index (χ0n) is 10.6. The molecule has 0 amide bonds. The molecule has 0 aliphatic rings. The van der Waals surface area contributed by atoms with Gasteiger partial charge in [0.25, 0.3) is 0 Å². The first-order chi connectivity index (χ1) is 8.72. The minimum Gasteiger partial charge on any atom is -0.271 e. The van der Waals surface area contributed by atoms with Crippen LogP contribution in [0, 0.1) is 13.8 Å². The van der Waals surface area contributed by atoms with E-state index in [1.165, 1.54) is 20.9 Å². The van der Waals surface area contributed by atoms with Crippen molar-refractivity contribution in [2.24, 2.45) is 5.84 Å². The van der Waals surface area contributed by atoms with Crippen LogP contribution in [-0.2, 0) is 0 Å². The molecule has 0 bridgehead atoms. The average Bonchev–Trinajstić information content (AvgIpc) is 2.79. The molecule has 0 saturated carbocycles. The lowest BCUT2D eigenvalue weighted by atomic mass is 10.1. The average molecular weight is 278 g/mol. The maximum Gasteiger partial charge on any atom is 0.0564 e. The van der Waals surface area contributed by atoms with Gasteiger partial charge in [0.2, 0.25) is 0 Å². The summed E-state index contributed by atoms with van der Waals surface area (Å²) < 4.78 is 0. The van der Waals surface area contributed by atoms with Gasteiger partial charge < -0.3 is 0 Å². The first kappa shape index (κ1) is 13.6. The molecule has 0 saturated heterocycles. The summed E-state index contributed by atoms with van der Waals surface area (Å²) in [4.78, 5) is 2.66. The maximum absolute atomic E-state index is 5.68. The Bertz CT molecular complexity index is 508. The normalized spacial score (nSPS) is 12.6. The Hall–Kier alpha value is -0.810. The lowest BCUT2D eigenvalue weighted by molar-refractivity contribution is 0.610. The number of aryl methyl sites for hydroxylation is 2. The molecule has 0 aliphatic heterocycles. The van der Waals surface area contributed by atoms with Crippen molar-refractivity contribution in [3.05, 3.63) is 51.7 Å². The Morgan fingerprint density at radius 2 is 2.06 bits per heavy atom. The molecule has 3 N–H and O–H groups in total. The molecule has 96 valence electrons. The number of hydrogen-bond acceptors (Lipinski definition) is 4. The zero-order valence-corrected chi connectivity index (χ0v) is 12.3. The van der Waals surface area contributed by atoms with Gasteiger partial charge in [-0.1, -0.05) is 18.2 Å². The first-order valence-electron chi connectivity index (χ1n) is 5.91. The van der Waals surface area contributed by atoms with Crippen LogP contribution in [-0.4, -0.2) is 5.75 Å². The second kappa shape index (κ2) is 6.38. The van der Waals surface area contributed by atoms with Crippen molar-refractivity contribution in [3.8, 4) is 0 Å². The van der Waals surface area contributed by atoms with Crippen molar-refractivity contribution in [3.63, 3.8) is 0 Å². The number of rotatable bonds is 5. The second-order valence-electron chi connectivity index (χ2n) is 4.23. The topological polar surface area (TPSA) is 38.0 Å². The highest BCUT2D eigenvalue weighted by atomic mass is 32.2. The van der Waals surface area contributed by atoms with Crippen molar-refractivity contribution < 1.29 is 0 Å². The summed E-state index contributed by atoms with van der Waals surface area (Å²) in [5.74, 6) is 6.62. The standard InChI is InChI=1S/C14H18N2S2/c1-10-5-3-4-6-14(10)18-9-13(16-15)12-7-8-17-11(12)2/h3-8,13,16H,9,15H2,1-2H3. The summed E-state index contributed by atoms with van der Waals surface area (Å²) >= 11 is 3.62. The molecular weight excluding hydrogens is 260 g/mol. The van der Waals surface area contributed by atoms with Gasteiger partial charge in [-0.25, -0.2) is 0 Å². The molecule has 0 fully saturated rings. The van der Waals surface area contributed by atoms with Crippen molar-refractivity contribution in [1.82, 2.24) is 5.43 Å². The van der Waals surface area contributed by atoms with E-state index in [0.717, 1.165) is 5.75 Å². The Kier molecular flexibility index (Phi) is 4.83. The number of benzene rings is 1. The van der Waals surface area contributed by atoms with Crippen molar-refractivity contribution >= 4 is 23.1 Å². The number of thiophene rings is 1. The molecule has 2 nitrogen and oxygen atoms in total. The molecule has 0 spiro atoms. The summed E-state index contributed by atoms with van der Waals surface area (Å²) in [6.07, 6.45) is 0. The predicted octanol–water partition coefficient (Wildman–Crippen LogP) is 3.66. The molecular formula is C14H18N2S2. The van der Waals surface area contributed by atoms with Gasteiger partial charge in [0.15, 0.2) is 0 Å². The molecule has 0 aliphatic carbocycles. The van der Waals surface area contributed by atoms with Gasteiger partial charge in [0.05, 0.1) is 6.04 Å². The fourth-order valence-corrected chi connectivity index (χ4v) is 3.73. The van der Waals surface area contributed by atoms with Gasteiger partial charge in [-0.2, -0.15) is 0 Å². The van der Waals surface area contributed by atoms with Crippen LogP contribution >= 0.6 is 23.1 Å². The van der Waals surface area contributed by atoms with E-state index in [2.05, 4.69) is 55.0 Å². The maximum atomic E-state index is 5.68. The molecule has 4 heteroatoms. The molecule has 1 aromatic heterocycles. The Morgan fingerprint density at radius 3 is 2.67 bits per heavy atom. The van der Waals surface area contributed by atoms with Crippen LogP contribution in [0.5, 0.6) is 0 Å². The summed E-state index contributed by atoms with van der Waals surface area (Å²) in [5, 5.41) is 2.12. The minimum atomic E-state index is 0.209. The fourth-order valence-electron chi connectivity index (χ4n) is 1.88. The Balaban J connectivity index is 2.05. The van der Waals surface area contributed by atoms with Crippen LogP contribution < -0.4 is 11.3 Å².